The van der Waals surface area contributed by atoms with Crippen LogP contribution in [0.2, 0.25) is 0 Å². The van der Waals surface area contributed by atoms with Gasteiger partial charge in [-0.05, 0) is 0 Å². The van der Waals surface area contributed by atoms with E-state index in [2.05, 4.69) is 0 Å². The van der Waals surface area contributed by atoms with Crippen molar-refractivity contribution in [3.63, 3.8) is 0 Å². The van der Waals surface area contributed by atoms with Crippen molar-refractivity contribution in [1.82, 2.24) is 16.0 Å². The van der Waals surface area contributed by atoms with E-state index in [0.29, 0.717) is 0 Å². The molecule has 0 radical (unpaired) electrons. The van der Waals surface area contributed by atoms with Crippen LogP contribution in [-0.2, 0) is 38.4 Å². The third-order valence-electron chi connectivity index (χ3n) is 5.51. The number of carbonyl (C=O) groups is 8. The molecule has 0 aromatic heterocycles. The summed E-state index contributed by atoms with van der Waals surface area (Å²) in [7, 11) is 0. The second kappa shape index (κ2) is 21.3. The van der Waals surface area contributed by atoms with Crippen LogP contribution in [0.3, 0.4) is 0 Å². The molecule has 0 atom stereocenters. The number of hydrogen-bond acceptors (Lipinski definition) is 12. The van der Waals surface area contributed by atoms with E-state index in [1.54, 1.807) is 0 Å². The number of rotatable bonds is 19. The van der Waals surface area contributed by atoms with Gasteiger partial charge in [0.05, 0.1) is 32.1 Å². The molecule has 1 rings (SSSR count). The fraction of sp³-hybridized carbons (Fsp3) is 0.600. The summed E-state index contributed by atoms with van der Waals surface area (Å²) in [5.41, 5.74) is -1.67. The second-order valence-corrected chi connectivity index (χ2v) is 8.61. The molecule has 0 heterocycles. The number of carboxylic acids is 8. The topological polar surface area (TPSA) is 343 Å². The number of aliphatic carboxylic acids is 8. The molecule has 10 N–H and O–H groups in total. The zero-order valence-electron chi connectivity index (χ0n) is 21.1. The summed E-state index contributed by atoms with van der Waals surface area (Å²) in [6.45, 7) is -5.01. The summed E-state index contributed by atoms with van der Waals surface area (Å²) in [5, 5.41) is 72.1. The molecule has 232 valence electrons. The number of quaternary nitrogens is 1. The van der Waals surface area contributed by atoms with Gasteiger partial charge in [-0.3, -0.25) is 33.5 Å². The third-order valence-corrected chi connectivity index (χ3v) is 5.51. The van der Waals surface area contributed by atoms with E-state index in [1.807, 2.05) is 0 Å². The van der Waals surface area contributed by atoms with Gasteiger partial charge < -0.3 is 51.8 Å². The molecule has 0 amide bonds. The van der Waals surface area contributed by atoms with Crippen LogP contribution in [0.1, 0.15) is 12.8 Å². The van der Waals surface area contributed by atoms with Crippen molar-refractivity contribution in [3.05, 3.63) is 0 Å². The van der Waals surface area contributed by atoms with Crippen molar-refractivity contribution in [2.24, 2.45) is 0 Å². The fourth-order valence-corrected chi connectivity index (χ4v) is 3.87. The number of hydrogen-bond donors (Lipinski definition) is 8. The van der Waals surface area contributed by atoms with Crippen LogP contribution in [-0.4, -0.2) is 221 Å². The summed E-state index contributed by atoms with van der Waals surface area (Å²) in [4.78, 5) is 88.1. The Morgan fingerprint density at radius 1 is 0.571 bits per heavy atom. The van der Waals surface area contributed by atoms with Crippen LogP contribution in [0.15, 0.2) is 0 Å². The zero-order valence-corrected chi connectivity index (χ0v) is 21.1. The molecular weight excluding hydrogens is 598 g/mol. The molecule has 0 saturated heterocycles. The molecule has 42 heavy (non-hydrogen) atoms. The Labute approximate surface area is 282 Å². The molecule has 0 unspecified atom stereocenters. The maximum atomic E-state index is 11.3. The Morgan fingerprint density at radius 3 is 1.02 bits per heavy atom. The van der Waals surface area contributed by atoms with E-state index in [4.69, 9.17) is 35.7 Å². The van der Waals surface area contributed by atoms with Gasteiger partial charge in [-0.25, -0.2) is 14.4 Å². The van der Waals surface area contributed by atoms with E-state index >= 15 is 0 Å². The summed E-state index contributed by atoms with van der Waals surface area (Å²) < 4.78 is -1.07. The standard InChI is InChI=1S/C10H16N2O8.C10H13NO8.H3N.2Na.2H/c13-7(14)3-11(4-8(15)16)1-2-12(5-9(17)18)6-10(19)20;12-6(13)3-11(4-7(14)15,5-8(16)17)10(1-2-10)9(18)19;;;;;/h1-6H2,(H,13,14)(H,15,16)(H,17,18)(H,19,20);1-5H2,(H3-,12,13,14,15,16,17,18,19);1H3;;;;. The minimum absolute atomic E-state index is 0. The van der Waals surface area contributed by atoms with Crippen molar-refractivity contribution in [3.8, 4) is 0 Å². The number of carboxylic acid groups (broad SMARTS) is 8. The first kappa shape index (κ1) is 46.6. The van der Waals surface area contributed by atoms with E-state index < -0.39 is 104 Å². The summed E-state index contributed by atoms with van der Waals surface area (Å²) in [5.74, 6) is -10.9. The predicted octanol–water partition coefficient (Wildman–Crippen LogP) is -5.87. The predicted molar refractivity (Wildman–Crippen MR) is 137 cm³/mol. The first-order valence-corrected chi connectivity index (χ1v) is 10.9. The molecule has 0 aromatic carbocycles. The summed E-state index contributed by atoms with van der Waals surface area (Å²) >= 11 is 0. The van der Waals surface area contributed by atoms with Gasteiger partial charge in [0.15, 0.2) is 18.6 Å². The fourth-order valence-electron chi connectivity index (χ4n) is 3.87. The van der Waals surface area contributed by atoms with Crippen LogP contribution in [0, 0.1) is 0 Å². The first-order valence-electron chi connectivity index (χ1n) is 10.9. The summed E-state index contributed by atoms with van der Waals surface area (Å²) in [6.07, 6.45) is 0.0757. The normalized spacial score (nSPS) is 12.6. The maximum absolute atomic E-state index is 11.3. The molecular formula is C20H34N4Na2O16. The van der Waals surface area contributed by atoms with Gasteiger partial charge in [-0.2, -0.15) is 0 Å². The third kappa shape index (κ3) is 17.5. The van der Waals surface area contributed by atoms with Gasteiger partial charge in [0, 0.05) is 25.9 Å². The van der Waals surface area contributed by atoms with Crippen LogP contribution in [0.25, 0.3) is 0 Å². The molecule has 1 saturated carbocycles. The van der Waals surface area contributed by atoms with E-state index in [0.717, 1.165) is 9.80 Å². The van der Waals surface area contributed by atoms with Gasteiger partial charge in [0.2, 0.25) is 0 Å². The van der Waals surface area contributed by atoms with Gasteiger partial charge in [-0.1, -0.05) is 0 Å². The average Bonchev–Trinajstić information content (AvgIpc) is 3.51. The van der Waals surface area contributed by atoms with Crippen molar-refractivity contribution >= 4 is 107 Å². The van der Waals surface area contributed by atoms with Gasteiger partial charge in [-0.15, -0.1) is 0 Å². The second-order valence-electron chi connectivity index (χ2n) is 8.61. The monoisotopic (exact) mass is 632 g/mol. The minimum atomic E-state index is -1.69. The molecule has 1 aliphatic carbocycles. The molecule has 0 spiro atoms. The molecule has 0 aromatic rings. The summed E-state index contributed by atoms with van der Waals surface area (Å²) in [6, 6.07) is 0. The average molecular weight is 632 g/mol. The van der Waals surface area contributed by atoms with Crippen molar-refractivity contribution in [1.29, 1.82) is 0 Å². The van der Waals surface area contributed by atoms with Crippen molar-refractivity contribution in [2.75, 3.05) is 58.9 Å². The molecule has 20 nitrogen and oxygen atoms in total. The SMILES string of the molecule is N.O=C(O)CN(CCN(CC(=O)O)CC(=O)O)CC(=O)O.O=C([O-])C[N+](CC(=O)O)(CC(=O)O)C1(C(=O)O)CC1.[NaH].[NaH]. The Morgan fingerprint density at radius 2 is 0.857 bits per heavy atom. The molecule has 1 aliphatic rings. The van der Waals surface area contributed by atoms with Crippen LogP contribution < -0.4 is 11.3 Å². The Kier molecular flexibility index (Phi) is 23.6. The number of nitrogens with zero attached hydrogens (tertiary/aromatic N) is 3. The van der Waals surface area contributed by atoms with E-state index in [-0.39, 0.29) is 91.2 Å². The molecule has 22 heteroatoms. The zero-order chi connectivity index (χ0) is 30.6. The van der Waals surface area contributed by atoms with Crippen molar-refractivity contribution < 1.29 is 83.7 Å². The van der Waals surface area contributed by atoms with Crippen LogP contribution >= 0.6 is 0 Å². The first-order chi connectivity index (χ1) is 17.9. The van der Waals surface area contributed by atoms with Gasteiger partial charge in [0.1, 0.15) is 6.54 Å². The van der Waals surface area contributed by atoms with E-state index in [1.165, 1.54) is 0 Å². The molecule has 0 aliphatic heterocycles. The van der Waals surface area contributed by atoms with Crippen LogP contribution in [0.5, 0.6) is 0 Å². The van der Waals surface area contributed by atoms with E-state index in [9.17, 15) is 43.5 Å². The van der Waals surface area contributed by atoms with Gasteiger partial charge in [0.25, 0.3) is 0 Å². The Bertz CT molecular complexity index is 882. The Balaban J connectivity index is -0.000000321. The molecule has 1 fully saturated rings. The molecule has 0 bridgehead atoms. The Hall–Kier alpha value is -2.40. The van der Waals surface area contributed by atoms with Gasteiger partial charge >= 0.3 is 101 Å². The number of carbonyl (C=O) groups excluding carboxylic acids is 1. The van der Waals surface area contributed by atoms with Crippen molar-refractivity contribution in [2.45, 2.75) is 18.4 Å². The quantitative estimate of drug-likeness (QED) is 0.0485. The van der Waals surface area contributed by atoms with Crippen LogP contribution in [0.4, 0.5) is 0 Å².